The Bertz CT molecular complexity index is 325. The van der Waals surface area contributed by atoms with E-state index >= 15 is 0 Å². The van der Waals surface area contributed by atoms with Crippen molar-refractivity contribution in [3.63, 3.8) is 0 Å². The number of rotatable bonds is 5. The number of hydrogen-bond acceptors (Lipinski definition) is 3. The molecular formula is C11H20N4. The van der Waals surface area contributed by atoms with Crippen molar-refractivity contribution in [3.05, 3.63) is 11.9 Å². The van der Waals surface area contributed by atoms with Crippen molar-refractivity contribution >= 4 is 0 Å². The Labute approximate surface area is 91.1 Å². The minimum absolute atomic E-state index is 0.263. The van der Waals surface area contributed by atoms with Gasteiger partial charge in [-0.25, -0.2) is 0 Å². The molecule has 0 unspecified atom stereocenters. The zero-order chi connectivity index (χ0) is 10.9. The molecular weight excluding hydrogens is 188 g/mol. The van der Waals surface area contributed by atoms with Crippen molar-refractivity contribution in [1.82, 2.24) is 20.3 Å². The first-order valence-electron chi connectivity index (χ1n) is 5.64. The standard InChI is InChI=1S/C11H20N4/c1-11(2,8-12-9-4-5-9)6-10-7-15(3)14-13-10/h7,9,12H,4-6,8H2,1-3H3. The van der Waals surface area contributed by atoms with Crippen LogP contribution in [-0.2, 0) is 13.5 Å². The van der Waals surface area contributed by atoms with Crippen LogP contribution in [0.4, 0.5) is 0 Å². The van der Waals surface area contributed by atoms with E-state index in [1.54, 1.807) is 4.68 Å². The number of aryl methyl sites for hydroxylation is 1. The average Bonchev–Trinajstić information content (AvgIpc) is 2.88. The molecule has 0 atom stereocenters. The SMILES string of the molecule is Cn1cc(CC(C)(C)CNC2CC2)nn1. The first kappa shape index (κ1) is 10.6. The minimum Gasteiger partial charge on any atom is -0.313 e. The molecule has 1 aromatic rings. The minimum atomic E-state index is 0.263. The number of aromatic nitrogens is 3. The Balaban J connectivity index is 1.84. The molecule has 1 aromatic heterocycles. The van der Waals surface area contributed by atoms with Crippen molar-refractivity contribution in [3.8, 4) is 0 Å². The van der Waals surface area contributed by atoms with E-state index in [4.69, 9.17) is 0 Å². The summed E-state index contributed by atoms with van der Waals surface area (Å²) < 4.78 is 1.76. The monoisotopic (exact) mass is 208 g/mol. The summed E-state index contributed by atoms with van der Waals surface area (Å²) in [6, 6.07) is 0.783. The van der Waals surface area contributed by atoms with Gasteiger partial charge in [0.1, 0.15) is 0 Å². The summed E-state index contributed by atoms with van der Waals surface area (Å²) in [4.78, 5) is 0. The average molecular weight is 208 g/mol. The van der Waals surface area contributed by atoms with Crippen LogP contribution in [0.2, 0.25) is 0 Å². The predicted octanol–water partition coefficient (Wildman–Crippen LogP) is 1.14. The summed E-state index contributed by atoms with van der Waals surface area (Å²) in [7, 11) is 1.91. The largest absolute Gasteiger partial charge is 0.313 e. The van der Waals surface area contributed by atoms with E-state index in [1.807, 2.05) is 13.2 Å². The van der Waals surface area contributed by atoms with Gasteiger partial charge in [-0.05, 0) is 24.7 Å². The fourth-order valence-corrected chi connectivity index (χ4v) is 1.74. The lowest BCUT2D eigenvalue weighted by molar-refractivity contribution is 0.333. The molecule has 84 valence electrons. The molecule has 0 aliphatic heterocycles. The normalized spacial score (nSPS) is 17.0. The quantitative estimate of drug-likeness (QED) is 0.789. The molecule has 4 nitrogen and oxygen atoms in total. The molecule has 1 N–H and O–H groups in total. The van der Waals surface area contributed by atoms with E-state index < -0.39 is 0 Å². The molecule has 15 heavy (non-hydrogen) atoms. The van der Waals surface area contributed by atoms with Gasteiger partial charge in [0.25, 0.3) is 0 Å². The second-order valence-corrected chi connectivity index (χ2v) is 5.38. The Morgan fingerprint density at radius 2 is 2.27 bits per heavy atom. The molecule has 1 aliphatic carbocycles. The Kier molecular flexibility index (Phi) is 2.78. The van der Waals surface area contributed by atoms with Gasteiger partial charge < -0.3 is 5.32 Å². The van der Waals surface area contributed by atoms with Crippen molar-refractivity contribution in [2.45, 2.75) is 39.2 Å². The highest BCUT2D eigenvalue weighted by Crippen LogP contribution is 2.23. The van der Waals surface area contributed by atoms with E-state index in [-0.39, 0.29) is 5.41 Å². The van der Waals surface area contributed by atoms with Gasteiger partial charge in [-0.1, -0.05) is 19.1 Å². The molecule has 1 heterocycles. The third kappa shape index (κ3) is 3.30. The lowest BCUT2D eigenvalue weighted by Crippen LogP contribution is -2.32. The van der Waals surface area contributed by atoms with Gasteiger partial charge in [-0.15, -0.1) is 5.10 Å². The maximum absolute atomic E-state index is 4.13. The summed E-state index contributed by atoms with van der Waals surface area (Å²) in [6.45, 7) is 5.61. The first-order valence-corrected chi connectivity index (χ1v) is 5.64. The molecule has 0 bridgehead atoms. The van der Waals surface area contributed by atoms with E-state index in [0.29, 0.717) is 0 Å². The van der Waals surface area contributed by atoms with Gasteiger partial charge >= 0.3 is 0 Å². The smallest absolute Gasteiger partial charge is 0.0832 e. The number of nitrogens with one attached hydrogen (secondary N) is 1. The fourth-order valence-electron chi connectivity index (χ4n) is 1.74. The lowest BCUT2D eigenvalue weighted by Gasteiger charge is -2.23. The second-order valence-electron chi connectivity index (χ2n) is 5.38. The molecule has 0 saturated heterocycles. The van der Waals surface area contributed by atoms with Crippen LogP contribution >= 0.6 is 0 Å². The first-order chi connectivity index (χ1) is 7.05. The molecule has 0 aromatic carbocycles. The second kappa shape index (κ2) is 3.93. The van der Waals surface area contributed by atoms with Gasteiger partial charge in [0.05, 0.1) is 5.69 Å². The molecule has 1 fully saturated rings. The summed E-state index contributed by atoms with van der Waals surface area (Å²) >= 11 is 0. The summed E-state index contributed by atoms with van der Waals surface area (Å²) in [6.07, 6.45) is 5.68. The maximum atomic E-state index is 4.13. The van der Waals surface area contributed by atoms with Gasteiger partial charge in [-0.2, -0.15) is 0 Å². The Morgan fingerprint density at radius 1 is 1.53 bits per heavy atom. The van der Waals surface area contributed by atoms with Crippen LogP contribution in [0.5, 0.6) is 0 Å². The Hall–Kier alpha value is -0.900. The highest BCUT2D eigenvalue weighted by Gasteiger charge is 2.26. The predicted molar refractivity (Wildman–Crippen MR) is 59.5 cm³/mol. The molecule has 0 spiro atoms. The third-order valence-electron chi connectivity index (χ3n) is 2.76. The molecule has 0 amide bonds. The van der Waals surface area contributed by atoms with Crippen LogP contribution in [0.15, 0.2) is 6.20 Å². The van der Waals surface area contributed by atoms with E-state index in [2.05, 4.69) is 29.5 Å². The maximum Gasteiger partial charge on any atom is 0.0832 e. The van der Waals surface area contributed by atoms with E-state index in [0.717, 1.165) is 24.7 Å². The van der Waals surface area contributed by atoms with Crippen molar-refractivity contribution < 1.29 is 0 Å². The molecule has 0 radical (unpaired) electrons. The lowest BCUT2D eigenvalue weighted by atomic mass is 9.88. The topological polar surface area (TPSA) is 42.7 Å². The molecule has 2 rings (SSSR count). The van der Waals surface area contributed by atoms with Gasteiger partial charge in [0.15, 0.2) is 0 Å². The van der Waals surface area contributed by atoms with Crippen LogP contribution in [-0.4, -0.2) is 27.6 Å². The van der Waals surface area contributed by atoms with Crippen LogP contribution < -0.4 is 5.32 Å². The van der Waals surface area contributed by atoms with E-state index in [9.17, 15) is 0 Å². The summed E-state index contributed by atoms with van der Waals surface area (Å²) in [5.41, 5.74) is 1.35. The fraction of sp³-hybridized carbons (Fsp3) is 0.818. The van der Waals surface area contributed by atoms with Gasteiger partial charge in [0.2, 0.25) is 0 Å². The summed E-state index contributed by atoms with van der Waals surface area (Å²) in [5, 5.41) is 11.7. The Morgan fingerprint density at radius 3 is 2.80 bits per heavy atom. The van der Waals surface area contributed by atoms with Crippen molar-refractivity contribution in [2.75, 3.05) is 6.54 Å². The van der Waals surface area contributed by atoms with Crippen LogP contribution in [0.25, 0.3) is 0 Å². The van der Waals surface area contributed by atoms with Crippen LogP contribution in [0.3, 0.4) is 0 Å². The number of hydrogen-bond donors (Lipinski definition) is 1. The third-order valence-corrected chi connectivity index (χ3v) is 2.76. The van der Waals surface area contributed by atoms with Gasteiger partial charge in [-0.3, -0.25) is 4.68 Å². The van der Waals surface area contributed by atoms with Gasteiger partial charge in [0, 0.05) is 25.8 Å². The van der Waals surface area contributed by atoms with Crippen molar-refractivity contribution in [1.29, 1.82) is 0 Å². The highest BCUT2D eigenvalue weighted by atomic mass is 15.4. The van der Waals surface area contributed by atoms with Crippen LogP contribution in [0.1, 0.15) is 32.4 Å². The number of nitrogens with zero attached hydrogens (tertiary/aromatic N) is 3. The van der Waals surface area contributed by atoms with E-state index in [1.165, 1.54) is 12.8 Å². The van der Waals surface area contributed by atoms with Crippen LogP contribution in [0, 0.1) is 5.41 Å². The highest BCUT2D eigenvalue weighted by molar-refractivity contribution is 4.97. The van der Waals surface area contributed by atoms with Crippen molar-refractivity contribution in [2.24, 2.45) is 12.5 Å². The zero-order valence-electron chi connectivity index (χ0n) is 9.82. The molecule has 1 saturated carbocycles. The zero-order valence-corrected chi connectivity index (χ0v) is 9.82. The summed E-state index contributed by atoms with van der Waals surface area (Å²) in [5.74, 6) is 0. The molecule has 1 aliphatic rings. The molecule has 4 heteroatoms.